The molecule has 0 spiro atoms. The molecule has 0 saturated carbocycles. The van der Waals surface area contributed by atoms with Crippen LogP contribution in [0.4, 0.5) is 0 Å². The predicted octanol–water partition coefficient (Wildman–Crippen LogP) is 2.52. The Morgan fingerprint density at radius 2 is 1.96 bits per heavy atom. The molecule has 25 heavy (non-hydrogen) atoms. The Labute approximate surface area is 167 Å². The van der Waals surface area contributed by atoms with E-state index < -0.39 is 0 Å². The lowest BCUT2D eigenvalue weighted by Gasteiger charge is -2.37. The number of ether oxygens (including phenoxy) is 3. The lowest BCUT2D eigenvalue weighted by Crippen LogP contribution is -2.50. The number of guanidine groups is 1. The van der Waals surface area contributed by atoms with Gasteiger partial charge in [-0.2, -0.15) is 0 Å². The molecule has 1 aromatic carbocycles. The van der Waals surface area contributed by atoms with Crippen molar-refractivity contribution in [3.63, 3.8) is 0 Å². The molecule has 0 aromatic heterocycles. The maximum atomic E-state index is 5.77. The molecule has 7 heteroatoms. The molecule has 1 aliphatic rings. The fourth-order valence-electron chi connectivity index (χ4n) is 2.99. The summed E-state index contributed by atoms with van der Waals surface area (Å²) in [6.07, 6.45) is 1.79. The number of methoxy groups -OCH3 is 2. The van der Waals surface area contributed by atoms with Crippen LogP contribution in [0.15, 0.2) is 29.3 Å². The quantitative estimate of drug-likeness (QED) is 0.399. The van der Waals surface area contributed by atoms with Crippen molar-refractivity contribution in [2.45, 2.75) is 25.0 Å². The highest BCUT2D eigenvalue weighted by Gasteiger charge is 2.32. The van der Waals surface area contributed by atoms with Gasteiger partial charge in [-0.1, -0.05) is 18.2 Å². The van der Waals surface area contributed by atoms with Crippen LogP contribution in [0, 0.1) is 0 Å². The Bertz CT molecular complexity index is 548. The minimum atomic E-state index is -0.181. The minimum Gasteiger partial charge on any atom is -0.496 e. The zero-order valence-electron chi connectivity index (χ0n) is 15.6. The number of para-hydroxylation sites is 1. The predicted molar refractivity (Wildman–Crippen MR) is 111 cm³/mol. The van der Waals surface area contributed by atoms with Crippen molar-refractivity contribution in [1.29, 1.82) is 0 Å². The second-order valence-corrected chi connectivity index (χ2v) is 6.07. The van der Waals surface area contributed by atoms with Gasteiger partial charge in [0.25, 0.3) is 0 Å². The smallest absolute Gasteiger partial charge is 0.193 e. The molecule has 1 saturated heterocycles. The van der Waals surface area contributed by atoms with E-state index in [1.165, 1.54) is 0 Å². The Balaban J connectivity index is 0.00000312. The summed E-state index contributed by atoms with van der Waals surface area (Å²) in [7, 11) is 7.28. The fraction of sp³-hybridized carbons (Fsp3) is 0.611. The fourth-order valence-corrected chi connectivity index (χ4v) is 2.99. The molecule has 1 aliphatic heterocycles. The maximum Gasteiger partial charge on any atom is 0.193 e. The second-order valence-electron chi connectivity index (χ2n) is 6.07. The first kappa shape index (κ1) is 22.0. The topological polar surface area (TPSA) is 55.3 Å². The summed E-state index contributed by atoms with van der Waals surface area (Å²) < 4.78 is 16.6. The van der Waals surface area contributed by atoms with Crippen molar-refractivity contribution in [3.8, 4) is 5.75 Å². The summed E-state index contributed by atoms with van der Waals surface area (Å²) in [6, 6.07) is 8.03. The first-order valence-electron chi connectivity index (χ1n) is 8.31. The molecule has 0 aliphatic carbocycles. The third-order valence-corrected chi connectivity index (χ3v) is 4.58. The van der Waals surface area contributed by atoms with E-state index in [1.54, 1.807) is 21.3 Å². The normalized spacial score (nSPS) is 16.7. The molecular formula is C18H30IN3O3. The number of nitrogens with one attached hydrogen (secondary N) is 1. The van der Waals surface area contributed by atoms with Crippen molar-refractivity contribution in [2.75, 3.05) is 48.1 Å². The van der Waals surface area contributed by atoms with Gasteiger partial charge in [0.2, 0.25) is 0 Å². The zero-order chi connectivity index (χ0) is 17.4. The van der Waals surface area contributed by atoms with Crippen molar-refractivity contribution >= 4 is 29.9 Å². The van der Waals surface area contributed by atoms with E-state index in [0.717, 1.165) is 49.9 Å². The Kier molecular flexibility index (Phi) is 9.52. The Morgan fingerprint density at radius 3 is 2.56 bits per heavy atom. The van der Waals surface area contributed by atoms with Crippen LogP contribution in [0.25, 0.3) is 0 Å². The van der Waals surface area contributed by atoms with Gasteiger partial charge in [0.05, 0.1) is 12.7 Å². The zero-order valence-corrected chi connectivity index (χ0v) is 17.9. The highest BCUT2D eigenvalue weighted by atomic mass is 127. The molecule has 0 bridgehead atoms. The molecule has 0 amide bonds. The van der Waals surface area contributed by atoms with Crippen molar-refractivity contribution in [1.82, 2.24) is 10.2 Å². The molecule has 1 aromatic rings. The van der Waals surface area contributed by atoms with Gasteiger partial charge in [0.1, 0.15) is 5.75 Å². The monoisotopic (exact) mass is 463 g/mol. The molecule has 142 valence electrons. The number of rotatable bonds is 6. The highest BCUT2D eigenvalue weighted by molar-refractivity contribution is 14.0. The van der Waals surface area contributed by atoms with E-state index in [9.17, 15) is 0 Å². The van der Waals surface area contributed by atoms with E-state index in [0.29, 0.717) is 6.54 Å². The second kappa shape index (κ2) is 10.8. The third kappa shape index (κ3) is 6.00. The van der Waals surface area contributed by atoms with Gasteiger partial charge in [-0.05, 0) is 6.07 Å². The molecule has 6 nitrogen and oxygen atoms in total. The largest absolute Gasteiger partial charge is 0.496 e. The van der Waals surface area contributed by atoms with E-state index in [-0.39, 0.29) is 29.6 Å². The molecule has 0 unspecified atom stereocenters. The highest BCUT2D eigenvalue weighted by Crippen LogP contribution is 2.24. The van der Waals surface area contributed by atoms with E-state index in [1.807, 2.05) is 25.2 Å². The van der Waals surface area contributed by atoms with Gasteiger partial charge in [-0.3, -0.25) is 4.99 Å². The Morgan fingerprint density at radius 1 is 1.28 bits per heavy atom. The molecule has 0 atom stereocenters. The van der Waals surface area contributed by atoms with Crippen LogP contribution >= 0.6 is 24.0 Å². The molecule has 0 radical (unpaired) electrons. The number of nitrogens with zero attached hydrogens (tertiary/aromatic N) is 2. The molecule has 1 heterocycles. The van der Waals surface area contributed by atoms with Crippen LogP contribution in [0.1, 0.15) is 18.4 Å². The molecule has 2 rings (SSSR count). The number of hydrogen-bond donors (Lipinski definition) is 1. The molecule has 1 fully saturated rings. The van der Waals surface area contributed by atoms with Crippen molar-refractivity contribution in [3.05, 3.63) is 29.8 Å². The standard InChI is InChI=1S/C18H29N3O3.HI/c1-19-17(20-14-18(23-4)9-11-24-12-10-18)21(2)13-15-7-5-6-8-16(15)22-3;/h5-8H,9-14H2,1-4H3,(H,19,20);1H. The van der Waals surface area contributed by atoms with Crippen LogP contribution in [0.5, 0.6) is 5.75 Å². The van der Waals surface area contributed by atoms with Gasteiger partial charge < -0.3 is 24.4 Å². The summed E-state index contributed by atoms with van der Waals surface area (Å²) in [4.78, 5) is 6.48. The minimum absolute atomic E-state index is 0. The summed E-state index contributed by atoms with van der Waals surface area (Å²) in [5.41, 5.74) is 0.942. The lowest BCUT2D eigenvalue weighted by atomic mass is 9.94. The SMILES string of the molecule is CN=C(NCC1(OC)CCOCC1)N(C)Cc1ccccc1OC.I. The summed E-state index contributed by atoms with van der Waals surface area (Å²) >= 11 is 0. The number of benzene rings is 1. The average molecular weight is 463 g/mol. The van der Waals surface area contributed by atoms with Crippen molar-refractivity contribution in [2.24, 2.45) is 4.99 Å². The number of halogens is 1. The van der Waals surface area contributed by atoms with E-state index >= 15 is 0 Å². The van der Waals surface area contributed by atoms with Gasteiger partial charge in [0, 0.05) is 65.9 Å². The lowest BCUT2D eigenvalue weighted by molar-refractivity contribution is -0.0857. The molecular weight excluding hydrogens is 433 g/mol. The van der Waals surface area contributed by atoms with Gasteiger partial charge >= 0.3 is 0 Å². The van der Waals surface area contributed by atoms with Crippen LogP contribution in [0.2, 0.25) is 0 Å². The van der Waals surface area contributed by atoms with Gasteiger partial charge in [-0.15, -0.1) is 24.0 Å². The number of hydrogen-bond acceptors (Lipinski definition) is 4. The average Bonchev–Trinajstić information content (AvgIpc) is 2.63. The van der Waals surface area contributed by atoms with Gasteiger partial charge in [0.15, 0.2) is 5.96 Å². The van der Waals surface area contributed by atoms with Crippen LogP contribution < -0.4 is 10.1 Å². The van der Waals surface area contributed by atoms with Crippen LogP contribution in [0.3, 0.4) is 0 Å². The van der Waals surface area contributed by atoms with E-state index in [4.69, 9.17) is 14.2 Å². The summed E-state index contributed by atoms with van der Waals surface area (Å²) in [5.74, 6) is 1.72. The van der Waals surface area contributed by atoms with Crippen molar-refractivity contribution < 1.29 is 14.2 Å². The summed E-state index contributed by atoms with van der Waals surface area (Å²) in [6.45, 7) is 2.92. The van der Waals surface area contributed by atoms with E-state index in [2.05, 4.69) is 21.3 Å². The Hall–Kier alpha value is -1.06. The maximum absolute atomic E-state index is 5.77. The van der Waals surface area contributed by atoms with Gasteiger partial charge in [-0.25, -0.2) is 0 Å². The first-order chi connectivity index (χ1) is 11.6. The van der Waals surface area contributed by atoms with Crippen LogP contribution in [-0.2, 0) is 16.0 Å². The molecule has 1 N–H and O–H groups in total. The number of aliphatic imine (C=N–C) groups is 1. The third-order valence-electron chi connectivity index (χ3n) is 4.58. The van der Waals surface area contributed by atoms with Crippen LogP contribution in [-0.4, -0.2) is 64.5 Å². The summed E-state index contributed by atoms with van der Waals surface area (Å²) in [5, 5.41) is 3.44. The first-order valence-corrected chi connectivity index (χ1v) is 8.31.